The molecule has 2 fully saturated rings. The molecule has 2 saturated carbocycles. The molecule has 4 rings (SSSR count). The quantitative estimate of drug-likeness (QED) is 0.462. The molecule has 0 unspecified atom stereocenters. The summed E-state index contributed by atoms with van der Waals surface area (Å²) >= 11 is 0. The summed E-state index contributed by atoms with van der Waals surface area (Å²) in [5, 5.41) is 10.8. The summed E-state index contributed by atoms with van der Waals surface area (Å²) in [4.78, 5) is 0. The highest BCUT2D eigenvalue weighted by molar-refractivity contribution is 5.35. The number of rotatable bonds is 4. The van der Waals surface area contributed by atoms with Crippen LogP contribution in [0.1, 0.15) is 113 Å². The maximum Gasteiger partial charge on any atom is 0.0594 e. The van der Waals surface area contributed by atoms with Crippen LogP contribution in [0.5, 0.6) is 0 Å². The maximum atomic E-state index is 10.8. The molecule has 0 aliphatic heterocycles. The summed E-state index contributed by atoms with van der Waals surface area (Å²) in [6.45, 7) is 16.9. The van der Waals surface area contributed by atoms with Crippen LogP contribution in [0.3, 0.4) is 0 Å². The zero-order valence-electron chi connectivity index (χ0n) is 21.0. The third-order valence-electron chi connectivity index (χ3n) is 10.6. The van der Waals surface area contributed by atoms with Gasteiger partial charge in [-0.15, -0.1) is 0 Å². The predicted octanol–water partition coefficient (Wildman–Crippen LogP) is 8.09. The Morgan fingerprint density at radius 2 is 1.83 bits per heavy atom. The zero-order chi connectivity index (χ0) is 21.9. The Kier molecular flexibility index (Phi) is 5.87. The molecule has 1 N–H and O–H groups in total. The fraction of sp³-hybridized carbons (Fsp3) is 0.862. The smallest absolute Gasteiger partial charge is 0.0594 e. The van der Waals surface area contributed by atoms with Crippen LogP contribution in [-0.4, -0.2) is 11.2 Å². The van der Waals surface area contributed by atoms with E-state index in [1.54, 1.807) is 0 Å². The number of hydrogen-bond donors (Lipinski definition) is 1. The Balaban J connectivity index is 1.58. The SMILES string of the molecule is CC(C)=CCC[C@@H](C)[C@H]1CC[C@H]2C3=C(CC[C@]12C)[C@@]1(C)CC(C)(C)[C@H](O)C[C@@H]1CC3. The van der Waals surface area contributed by atoms with E-state index in [0.29, 0.717) is 16.7 Å². The number of allylic oxidation sites excluding steroid dienone is 4. The average Bonchev–Trinajstić information content (AvgIpc) is 2.99. The Labute approximate surface area is 186 Å². The largest absolute Gasteiger partial charge is 0.393 e. The third-order valence-corrected chi connectivity index (χ3v) is 10.6. The van der Waals surface area contributed by atoms with E-state index in [2.05, 4.69) is 54.5 Å². The second kappa shape index (κ2) is 7.79. The summed E-state index contributed by atoms with van der Waals surface area (Å²) in [7, 11) is 0. The van der Waals surface area contributed by atoms with Crippen molar-refractivity contribution < 1.29 is 5.11 Å². The van der Waals surface area contributed by atoms with Gasteiger partial charge < -0.3 is 5.11 Å². The van der Waals surface area contributed by atoms with Crippen LogP contribution in [0.25, 0.3) is 0 Å². The first-order valence-electron chi connectivity index (χ1n) is 13.0. The maximum absolute atomic E-state index is 10.8. The second-order valence-electron chi connectivity index (χ2n) is 13.2. The molecule has 0 amide bonds. The highest BCUT2D eigenvalue weighted by Gasteiger charge is 2.57. The monoisotopic (exact) mass is 412 g/mol. The molecule has 1 heteroatoms. The number of hydrogen-bond acceptors (Lipinski definition) is 1. The summed E-state index contributed by atoms with van der Waals surface area (Å²) < 4.78 is 0. The fourth-order valence-corrected chi connectivity index (χ4v) is 8.89. The lowest BCUT2D eigenvalue weighted by atomic mass is 9.47. The molecule has 0 spiro atoms. The molecule has 170 valence electrons. The van der Waals surface area contributed by atoms with Crippen LogP contribution in [0.4, 0.5) is 0 Å². The van der Waals surface area contributed by atoms with Crippen molar-refractivity contribution in [3.63, 3.8) is 0 Å². The molecule has 30 heavy (non-hydrogen) atoms. The van der Waals surface area contributed by atoms with Crippen molar-refractivity contribution in [3.05, 3.63) is 22.8 Å². The number of fused-ring (bicyclic) bond motifs is 4. The molecule has 0 saturated heterocycles. The first-order chi connectivity index (χ1) is 14.0. The lowest BCUT2D eigenvalue weighted by molar-refractivity contribution is -0.0702. The normalized spacial score (nSPS) is 43.5. The van der Waals surface area contributed by atoms with Crippen molar-refractivity contribution in [2.75, 3.05) is 0 Å². The van der Waals surface area contributed by atoms with Gasteiger partial charge in [0.25, 0.3) is 0 Å². The number of aliphatic hydroxyl groups is 1. The number of aliphatic hydroxyl groups excluding tert-OH is 1. The van der Waals surface area contributed by atoms with Gasteiger partial charge in [-0.1, -0.05) is 57.4 Å². The molecule has 0 heterocycles. The van der Waals surface area contributed by atoms with Crippen LogP contribution in [0.2, 0.25) is 0 Å². The van der Waals surface area contributed by atoms with Crippen LogP contribution in [0, 0.1) is 39.9 Å². The van der Waals surface area contributed by atoms with Gasteiger partial charge in [-0.05, 0) is 118 Å². The molecule has 7 atom stereocenters. The Morgan fingerprint density at radius 1 is 1.10 bits per heavy atom. The summed E-state index contributed by atoms with van der Waals surface area (Å²) in [5.41, 5.74) is 6.14. The van der Waals surface area contributed by atoms with Gasteiger partial charge in [0.2, 0.25) is 0 Å². The minimum atomic E-state index is -0.121. The van der Waals surface area contributed by atoms with Gasteiger partial charge in [-0.25, -0.2) is 0 Å². The summed E-state index contributed by atoms with van der Waals surface area (Å²) in [6.07, 6.45) is 15.4. The van der Waals surface area contributed by atoms with Crippen LogP contribution in [-0.2, 0) is 0 Å². The van der Waals surface area contributed by atoms with Crippen molar-refractivity contribution in [1.82, 2.24) is 0 Å². The van der Waals surface area contributed by atoms with Crippen molar-refractivity contribution >= 4 is 0 Å². The average molecular weight is 413 g/mol. The summed E-state index contributed by atoms with van der Waals surface area (Å²) in [5.74, 6) is 3.28. The molecule has 4 aliphatic rings. The fourth-order valence-electron chi connectivity index (χ4n) is 8.89. The molecular formula is C29H48O. The zero-order valence-corrected chi connectivity index (χ0v) is 21.0. The topological polar surface area (TPSA) is 20.2 Å². The highest BCUT2D eigenvalue weighted by atomic mass is 16.3. The first kappa shape index (κ1) is 22.6. The molecule has 0 aromatic rings. The van der Waals surface area contributed by atoms with E-state index in [4.69, 9.17) is 0 Å². The van der Waals surface area contributed by atoms with Crippen molar-refractivity contribution in [2.45, 2.75) is 119 Å². The first-order valence-corrected chi connectivity index (χ1v) is 13.0. The van der Waals surface area contributed by atoms with E-state index in [1.165, 1.54) is 63.4 Å². The van der Waals surface area contributed by atoms with E-state index >= 15 is 0 Å². The molecule has 4 aliphatic carbocycles. The minimum Gasteiger partial charge on any atom is -0.393 e. The molecular weight excluding hydrogens is 364 g/mol. The molecule has 1 nitrogen and oxygen atoms in total. The summed E-state index contributed by atoms with van der Waals surface area (Å²) in [6, 6.07) is 0. The van der Waals surface area contributed by atoms with Gasteiger partial charge in [0.15, 0.2) is 0 Å². The van der Waals surface area contributed by atoms with Crippen molar-refractivity contribution in [2.24, 2.45) is 39.9 Å². The second-order valence-corrected chi connectivity index (χ2v) is 13.2. The van der Waals surface area contributed by atoms with E-state index in [9.17, 15) is 5.11 Å². The van der Waals surface area contributed by atoms with Gasteiger partial charge in [-0.2, -0.15) is 0 Å². The van der Waals surface area contributed by atoms with Crippen molar-refractivity contribution in [1.29, 1.82) is 0 Å². The van der Waals surface area contributed by atoms with Crippen molar-refractivity contribution in [3.8, 4) is 0 Å². The van der Waals surface area contributed by atoms with Gasteiger partial charge in [-0.3, -0.25) is 0 Å². The van der Waals surface area contributed by atoms with Crippen LogP contribution >= 0.6 is 0 Å². The van der Waals surface area contributed by atoms with E-state index in [1.807, 2.05) is 11.1 Å². The van der Waals surface area contributed by atoms with Crippen LogP contribution in [0.15, 0.2) is 22.8 Å². The minimum absolute atomic E-state index is 0.0547. The van der Waals surface area contributed by atoms with Gasteiger partial charge in [0, 0.05) is 0 Å². The Hall–Kier alpha value is -0.560. The lowest BCUT2D eigenvalue weighted by Gasteiger charge is -2.58. The van der Waals surface area contributed by atoms with E-state index in [-0.39, 0.29) is 11.5 Å². The molecule has 0 radical (unpaired) electrons. The van der Waals surface area contributed by atoms with E-state index < -0.39 is 0 Å². The van der Waals surface area contributed by atoms with Crippen LogP contribution < -0.4 is 0 Å². The molecule has 0 aromatic heterocycles. The van der Waals surface area contributed by atoms with Gasteiger partial charge in [0.05, 0.1) is 6.10 Å². The van der Waals surface area contributed by atoms with Gasteiger partial charge >= 0.3 is 0 Å². The standard InChI is InChI=1S/C29H48O/c1-19(2)9-8-10-20(3)23-13-14-24-22-12-11-21-17-26(30)27(4,5)18-29(21,7)25(22)15-16-28(23,24)6/h9,20-21,23-24,26,30H,8,10-18H2,1-7H3/t20-,21+,23-,24+,26-,28-,29+/m1/s1. The Bertz CT molecular complexity index is 723. The lowest BCUT2D eigenvalue weighted by Crippen LogP contribution is -2.51. The Morgan fingerprint density at radius 3 is 2.53 bits per heavy atom. The van der Waals surface area contributed by atoms with E-state index in [0.717, 1.165) is 24.2 Å². The molecule has 0 bridgehead atoms. The highest BCUT2D eigenvalue weighted by Crippen LogP contribution is 2.67. The predicted molar refractivity (Wildman–Crippen MR) is 128 cm³/mol. The molecule has 0 aromatic carbocycles. The van der Waals surface area contributed by atoms with Gasteiger partial charge in [0.1, 0.15) is 0 Å². The third kappa shape index (κ3) is 3.56.